The second-order valence-electron chi connectivity index (χ2n) is 4.48. The standard InChI is InChI=1S/C14H16N4/c1-2-3-8-13-16-9-12-14(15)17-10-6-4-5-7-11(10)18(12)13/h4-7,9H,2-3,8H2,1H3,(H2,15,17). The maximum Gasteiger partial charge on any atom is 0.150 e. The normalized spacial score (nSPS) is 11.4. The Morgan fingerprint density at radius 1 is 1.22 bits per heavy atom. The van der Waals surface area contributed by atoms with Crippen LogP contribution in [0.3, 0.4) is 0 Å². The number of rotatable bonds is 3. The lowest BCUT2D eigenvalue weighted by Crippen LogP contribution is -2.01. The topological polar surface area (TPSA) is 56.2 Å². The molecule has 0 saturated carbocycles. The zero-order valence-electron chi connectivity index (χ0n) is 10.4. The van der Waals surface area contributed by atoms with E-state index in [0.29, 0.717) is 5.82 Å². The lowest BCUT2D eigenvalue weighted by Gasteiger charge is -2.07. The maximum atomic E-state index is 5.99. The van der Waals surface area contributed by atoms with Crippen LogP contribution in [0.2, 0.25) is 0 Å². The molecule has 0 saturated heterocycles. The number of hydrogen-bond donors (Lipinski definition) is 1. The number of unbranched alkanes of at least 4 members (excludes halogenated alkanes) is 1. The maximum absolute atomic E-state index is 5.99. The average Bonchev–Trinajstić information content (AvgIpc) is 2.81. The fraction of sp³-hybridized carbons (Fsp3) is 0.286. The molecule has 2 heterocycles. The molecule has 18 heavy (non-hydrogen) atoms. The van der Waals surface area contributed by atoms with Gasteiger partial charge in [0.2, 0.25) is 0 Å². The van der Waals surface area contributed by atoms with Crippen molar-refractivity contribution in [1.29, 1.82) is 0 Å². The van der Waals surface area contributed by atoms with E-state index in [1.54, 1.807) is 0 Å². The molecule has 0 atom stereocenters. The van der Waals surface area contributed by atoms with Crippen molar-refractivity contribution in [1.82, 2.24) is 14.4 Å². The summed E-state index contributed by atoms with van der Waals surface area (Å²) < 4.78 is 2.13. The minimum atomic E-state index is 0.545. The molecule has 0 fully saturated rings. The monoisotopic (exact) mass is 240 g/mol. The molecule has 3 aromatic rings. The van der Waals surface area contributed by atoms with Crippen LogP contribution in [0.15, 0.2) is 30.5 Å². The molecular weight excluding hydrogens is 224 g/mol. The predicted octanol–water partition coefficient (Wildman–Crippen LogP) is 2.81. The Hall–Kier alpha value is -2.10. The van der Waals surface area contributed by atoms with Gasteiger partial charge in [-0.1, -0.05) is 25.5 Å². The number of para-hydroxylation sites is 2. The molecule has 0 amide bonds. The fourth-order valence-corrected chi connectivity index (χ4v) is 2.29. The van der Waals surface area contributed by atoms with E-state index < -0.39 is 0 Å². The third-order valence-electron chi connectivity index (χ3n) is 3.21. The van der Waals surface area contributed by atoms with Crippen LogP contribution >= 0.6 is 0 Å². The summed E-state index contributed by atoms with van der Waals surface area (Å²) in [6.45, 7) is 2.18. The van der Waals surface area contributed by atoms with Crippen molar-refractivity contribution in [2.24, 2.45) is 0 Å². The minimum Gasteiger partial charge on any atom is -0.382 e. The Labute approximate surface area is 105 Å². The van der Waals surface area contributed by atoms with E-state index >= 15 is 0 Å². The first-order valence-electron chi connectivity index (χ1n) is 6.32. The number of nitrogen functional groups attached to an aromatic ring is 1. The van der Waals surface area contributed by atoms with Gasteiger partial charge in [-0.2, -0.15) is 0 Å². The van der Waals surface area contributed by atoms with Gasteiger partial charge in [-0.25, -0.2) is 9.97 Å². The molecule has 4 heteroatoms. The number of fused-ring (bicyclic) bond motifs is 3. The first-order chi connectivity index (χ1) is 8.81. The van der Waals surface area contributed by atoms with Crippen LogP contribution in [0.1, 0.15) is 25.6 Å². The molecule has 0 unspecified atom stereocenters. The van der Waals surface area contributed by atoms with Gasteiger partial charge < -0.3 is 5.73 Å². The molecule has 3 rings (SSSR count). The van der Waals surface area contributed by atoms with Crippen LogP contribution in [0, 0.1) is 0 Å². The van der Waals surface area contributed by atoms with Gasteiger partial charge in [0.1, 0.15) is 17.2 Å². The van der Waals surface area contributed by atoms with Crippen molar-refractivity contribution in [3.63, 3.8) is 0 Å². The van der Waals surface area contributed by atoms with E-state index in [2.05, 4.69) is 27.4 Å². The largest absolute Gasteiger partial charge is 0.382 e. The third kappa shape index (κ3) is 1.61. The number of imidazole rings is 1. The first kappa shape index (κ1) is 11.0. The molecule has 0 bridgehead atoms. The highest BCUT2D eigenvalue weighted by atomic mass is 15.1. The Kier molecular flexibility index (Phi) is 2.63. The summed E-state index contributed by atoms with van der Waals surface area (Å²) in [6.07, 6.45) is 5.08. The van der Waals surface area contributed by atoms with Crippen LogP contribution in [0.4, 0.5) is 5.82 Å². The molecular formula is C14H16N4. The molecule has 4 nitrogen and oxygen atoms in total. The van der Waals surface area contributed by atoms with Gasteiger partial charge in [-0.15, -0.1) is 0 Å². The minimum absolute atomic E-state index is 0.545. The van der Waals surface area contributed by atoms with Crippen LogP contribution in [0.5, 0.6) is 0 Å². The number of aromatic nitrogens is 3. The number of hydrogen-bond acceptors (Lipinski definition) is 3. The van der Waals surface area contributed by atoms with Gasteiger partial charge in [-0.05, 0) is 18.6 Å². The number of aryl methyl sites for hydroxylation is 1. The lowest BCUT2D eigenvalue weighted by atomic mass is 10.2. The van der Waals surface area contributed by atoms with Gasteiger partial charge in [0.25, 0.3) is 0 Å². The zero-order chi connectivity index (χ0) is 12.5. The van der Waals surface area contributed by atoms with Crippen LogP contribution in [-0.2, 0) is 6.42 Å². The second kappa shape index (κ2) is 4.29. The fourth-order valence-electron chi connectivity index (χ4n) is 2.29. The van der Waals surface area contributed by atoms with Gasteiger partial charge >= 0.3 is 0 Å². The molecule has 1 aromatic carbocycles. The van der Waals surface area contributed by atoms with Crippen molar-refractivity contribution >= 4 is 22.4 Å². The second-order valence-corrected chi connectivity index (χ2v) is 4.48. The van der Waals surface area contributed by atoms with Crippen molar-refractivity contribution < 1.29 is 0 Å². The quantitative estimate of drug-likeness (QED) is 0.765. The zero-order valence-corrected chi connectivity index (χ0v) is 10.4. The van der Waals surface area contributed by atoms with Crippen molar-refractivity contribution in [2.45, 2.75) is 26.2 Å². The lowest BCUT2D eigenvalue weighted by molar-refractivity contribution is 0.754. The number of nitrogens with two attached hydrogens (primary N) is 1. The number of anilines is 1. The Morgan fingerprint density at radius 3 is 2.89 bits per heavy atom. The van der Waals surface area contributed by atoms with E-state index in [1.165, 1.54) is 0 Å². The highest BCUT2D eigenvalue weighted by Gasteiger charge is 2.10. The molecule has 0 spiro atoms. The molecule has 0 aliphatic carbocycles. The van der Waals surface area contributed by atoms with E-state index in [1.807, 2.05) is 24.4 Å². The van der Waals surface area contributed by atoms with Crippen LogP contribution in [-0.4, -0.2) is 14.4 Å². The van der Waals surface area contributed by atoms with Gasteiger partial charge in [0, 0.05) is 6.42 Å². The number of benzene rings is 1. The van der Waals surface area contributed by atoms with Crippen molar-refractivity contribution in [3.05, 3.63) is 36.3 Å². The van der Waals surface area contributed by atoms with Gasteiger partial charge in [0.15, 0.2) is 0 Å². The first-order valence-corrected chi connectivity index (χ1v) is 6.32. The van der Waals surface area contributed by atoms with Crippen LogP contribution in [0.25, 0.3) is 16.6 Å². The Bertz CT molecular complexity index is 699. The summed E-state index contributed by atoms with van der Waals surface area (Å²) in [4.78, 5) is 8.90. The number of nitrogens with zero attached hydrogens (tertiary/aromatic N) is 3. The molecule has 0 aliphatic heterocycles. The summed E-state index contributed by atoms with van der Waals surface area (Å²) in [5, 5.41) is 0. The highest BCUT2D eigenvalue weighted by molar-refractivity contribution is 5.83. The van der Waals surface area contributed by atoms with Crippen molar-refractivity contribution in [3.8, 4) is 0 Å². The summed E-state index contributed by atoms with van der Waals surface area (Å²) in [5.74, 6) is 1.61. The van der Waals surface area contributed by atoms with Crippen molar-refractivity contribution in [2.75, 3.05) is 5.73 Å². The summed E-state index contributed by atoms with van der Waals surface area (Å²) >= 11 is 0. The Morgan fingerprint density at radius 2 is 2.06 bits per heavy atom. The smallest absolute Gasteiger partial charge is 0.150 e. The van der Waals surface area contributed by atoms with Gasteiger partial charge in [0.05, 0.1) is 17.2 Å². The molecule has 0 radical (unpaired) electrons. The Balaban J connectivity index is 2.33. The average molecular weight is 240 g/mol. The summed E-state index contributed by atoms with van der Waals surface area (Å²) in [7, 11) is 0. The molecule has 2 aromatic heterocycles. The van der Waals surface area contributed by atoms with E-state index in [4.69, 9.17) is 5.73 Å². The predicted molar refractivity (Wildman–Crippen MR) is 73.5 cm³/mol. The van der Waals surface area contributed by atoms with E-state index in [9.17, 15) is 0 Å². The molecule has 0 aliphatic rings. The SMILES string of the molecule is CCCCc1ncc2c(N)nc3ccccc3n12. The summed E-state index contributed by atoms with van der Waals surface area (Å²) in [6, 6.07) is 8.03. The third-order valence-corrected chi connectivity index (χ3v) is 3.21. The summed E-state index contributed by atoms with van der Waals surface area (Å²) in [5.41, 5.74) is 8.88. The van der Waals surface area contributed by atoms with E-state index in [0.717, 1.165) is 41.6 Å². The molecule has 92 valence electrons. The van der Waals surface area contributed by atoms with Gasteiger partial charge in [-0.3, -0.25) is 4.40 Å². The van der Waals surface area contributed by atoms with E-state index in [-0.39, 0.29) is 0 Å². The highest BCUT2D eigenvalue weighted by Crippen LogP contribution is 2.21. The van der Waals surface area contributed by atoms with Crippen LogP contribution < -0.4 is 5.73 Å². The molecule has 2 N–H and O–H groups in total.